The Labute approximate surface area is 172 Å². The van der Waals surface area contributed by atoms with Crippen molar-refractivity contribution in [1.82, 2.24) is 5.32 Å². The molecule has 0 amide bonds. The molecule has 5 heteroatoms. The number of allylic oxidation sites excluding steroid dienone is 8. The maximum Gasteiger partial charge on any atom is 0.194 e. The van der Waals surface area contributed by atoms with Crippen LogP contribution in [0.2, 0.25) is 0 Å². The third-order valence-electron chi connectivity index (χ3n) is 6.61. The second kappa shape index (κ2) is 6.03. The first-order chi connectivity index (χ1) is 14.6. The zero-order valence-electron chi connectivity index (χ0n) is 16.0. The molecule has 0 saturated carbocycles. The molecule has 1 aromatic rings. The molecule has 1 aliphatic heterocycles. The minimum atomic E-state index is -0.854. The minimum Gasteiger partial charge on any atom is -0.306 e. The average molecular weight is 395 g/mol. The molecule has 0 bridgehead atoms. The van der Waals surface area contributed by atoms with E-state index >= 15 is 0 Å². The van der Waals surface area contributed by atoms with Crippen LogP contribution in [0.15, 0.2) is 82.0 Å². The first-order valence-corrected chi connectivity index (χ1v) is 10.2. The SMILES string of the molecule is O=C1C2=C(C(=O)c3ccccc31)C1NCCCC1=C1C(=O)C3C(=O)C=CC=C3C=C12. The maximum absolute atomic E-state index is 13.5. The number of Topliss-reactive ketones (excluding diaryl/α,β-unsaturated/α-hetero) is 3. The van der Waals surface area contributed by atoms with Gasteiger partial charge in [-0.05, 0) is 48.3 Å². The van der Waals surface area contributed by atoms with Gasteiger partial charge in [0.15, 0.2) is 23.1 Å². The number of hydrogen-bond donors (Lipinski definition) is 1. The molecule has 6 rings (SSSR count). The van der Waals surface area contributed by atoms with Crippen LogP contribution in [-0.2, 0) is 9.59 Å². The van der Waals surface area contributed by atoms with Crippen molar-refractivity contribution < 1.29 is 19.2 Å². The first kappa shape index (κ1) is 17.4. The molecule has 146 valence electrons. The molecule has 1 saturated heterocycles. The van der Waals surface area contributed by atoms with Gasteiger partial charge in [-0.2, -0.15) is 0 Å². The fourth-order valence-corrected chi connectivity index (χ4v) is 5.34. The number of carbonyl (C=O) groups excluding carboxylic acids is 4. The zero-order valence-corrected chi connectivity index (χ0v) is 16.0. The van der Waals surface area contributed by atoms with Gasteiger partial charge in [0.05, 0.1) is 6.04 Å². The van der Waals surface area contributed by atoms with Crippen LogP contribution in [0.3, 0.4) is 0 Å². The number of carbonyl (C=O) groups is 4. The molecular formula is C25H17NO4. The van der Waals surface area contributed by atoms with Crippen molar-refractivity contribution in [3.05, 3.63) is 93.1 Å². The summed E-state index contributed by atoms with van der Waals surface area (Å²) >= 11 is 0. The summed E-state index contributed by atoms with van der Waals surface area (Å²) in [5.74, 6) is -1.76. The summed E-state index contributed by atoms with van der Waals surface area (Å²) < 4.78 is 0. The monoisotopic (exact) mass is 395 g/mol. The number of hydrogen-bond acceptors (Lipinski definition) is 5. The highest BCUT2D eigenvalue weighted by Crippen LogP contribution is 2.47. The van der Waals surface area contributed by atoms with E-state index < -0.39 is 12.0 Å². The van der Waals surface area contributed by atoms with Gasteiger partial charge in [-0.25, -0.2) is 0 Å². The summed E-state index contributed by atoms with van der Waals surface area (Å²) in [5, 5.41) is 3.36. The smallest absolute Gasteiger partial charge is 0.194 e. The fourth-order valence-electron chi connectivity index (χ4n) is 5.34. The van der Waals surface area contributed by atoms with Crippen LogP contribution >= 0.6 is 0 Å². The molecule has 0 radical (unpaired) electrons. The summed E-state index contributed by atoms with van der Waals surface area (Å²) in [6, 6.07) is 6.38. The van der Waals surface area contributed by atoms with E-state index in [0.29, 0.717) is 52.0 Å². The van der Waals surface area contributed by atoms with E-state index in [1.54, 1.807) is 42.5 Å². The molecule has 1 aromatic carbocycles. The van der Waals surface area contributed by atoms with E-state index in [1.807, 2.05) is 0 Å². The Balaban J connectivity index is 1.67. The predicted molar refractivity (Wildman–Crippen MR) is 109 cm³/mol. The molecule has 1 heterocycles. The lowest BCUT2D eigenvalue weighted by atomic mass is 9.64. The lowest BCUT2D eigenvalue weighted by molar-refractivity contribution is -0.126. The second-order valence-corrected chi connectivity index (χ2v) is 8.17. The molecule has 5 nitrogen and oxygen atoms in total. The number of nitrogens with one attached hydrogen (secondary N) is 1. The first-order valence-electron chi connectivity index (χ1n) is 10.2. The fraction of sp³-hybridized carbons (Fsp3) is 0.200. The van der Waals surface area contributed by atoms with Gasteiger partial charge in [-0.3, -0.25) is 19.2 Å². The maximum atomic E-state index is 13.5. The van der Waals surface area contributed by atoms with Crippen LogP contribution in [0.5, 0.6) is 0 Å². The highest BCUT2D eigenvalue weighted by molar-refractivity contribution is 6.32. The Morgan fingerprint density at radius 2 is 1.70 bits per heavy atom. The third kappa shape index (κ3) is 2.10. The van der Waals surface area contributed by atoms with Crippen LogP contribution in [0.25, 0.3) is 0 Å². The van der Waals surface area contributed by atoms with Crippen molar-refractivity contribution in [2.45, 2.75) is 18.9 Å². The van der Waals surface area contributed by atoms with Gasteiger partial charge < -0.3 is 5.32 Å². The van der Waals surface area contributed by atoms with Crippen molar-refractivity contribution in [2.24, 2.45) is 5.92 Å². The van der Waals surface area contributed by atoms with Gasteiger partial charge in [-0.1, -0.05) is 36.4 Å². The van der Waals surface area contributed by atoms with Crippen molar-refractivity contribution in [3.63, 3.8) is 0 Å². The summed E-state index contributed by atoms with van der Waals surface area (Å²) in [7, 11) is 0. The van der Waals surface area contributed by atoms with Gasteiger partial charge in [0, 0.05) is 27.8 Å². The Kier molecular flexibility index (Phi) is 3.50. The van der Waals surface area contributed by atoms with Crippen LogP contribution < -0.4 is 5.32 Å². The number of piperidine rings is 1. The van der Waals surface area contributed by atoms with Gasteiger partial charge in [-0.15, -0.1) is 0 Å². The third-order valence-corrected chi connectivity index (χ3v) is 6.61. The number of rotatable bonds is 0. The van der Waals surface area contributed by atoms with E-state index in [0.717, 1.165) is 12.0 Å². The Morgan fingerprint density at radius 3 is 2.50 bits per heavy atom. The lowest BCUT2D eigenvalue weighted by Crippen LogP contribution is -2.47. The standard InChI is InChI=1S/C25H17NO4/c27-17-9-3-5-12-11-16-19(25(30)18(12)17)15-8-4-10-26-22(15)21-20(16)23(28)13-6-1-2-7-14(13)24(21)29/h1-3,5-7,9,11,18,22,26H,4,8,10H2. The van der Waals surface area contributed by atoms with E-state index in [4.69, 9.17) is 0 Å². The highest BCUT2D eigenvalue weighted by Gasteiger charge is 2.48. The molecule has 1 fully saturated rings. The van der Waals surface area contributed by atoms with Crippen molar-refractivity contribution in [2.75, 3.05) is 6.54 Å². The van der Waals surface area contributed by atoms with Crippen LogP contribution in [-0.4, -0.2) is 35.7 Å². The molecule has 2 atom stereocenters. The molecule has 1 N–H and O–H groups in total. The molecule has 5 aliphatic rings. The predicted octanol–water partition coefficient (Wildman–Crippen LogP) is 2.62. The Morgan fingerprint density at radius 1 is 0.933 bits per heavy atom. The Hall–Kier alpha value is -3.44. The minimum absolute atomic E-state index is 0.166. The van der Waals surface area contributed by atoms with Gasteiger partial charge in [0.2, 0.25) is 0 Å². The summed E-state index contributed by atoms with van der Waals surface area (Å²) in [6.45, 7) is 0.699. The van der Waals surface area contributed by atoms with Gasteiger partial charge in [0.25, 0.3) is 0 Å². The molecule has 30 heavy (non-hydrogen) atoms. The molecule has 2 unspecified atom stereocenters. The summed E-state index contributed by atoms with van der Waals surface area (Å²) in [4.78, 5) is 53.0. The van der Waals surface area contributed by atoms with E-state index in [9.17, 15) is 19.2 Å². The van der Waals surface area contributed by atoms with Crippen LogP contribution in [0.4, 0.5) is 0 Å². The molecule has 0 aromatic heterocycles. The topological polar surface area (TPSA) is 80.3 Å². The van der Waals surface area contributed by atoms with Crippen LogP contribution in [0, 0.1) is 5.92 Å². The van der Waals surface area contributed by atoms with E-state index in [1.165, 1.54) is 6.08 Å². The Bertz CT molecular complexity index is 1270. The van der Waals surface area contributed by atoms with Gasteiger partial charge >= 0.3 is 0 Å². The summed E-state index contributed by atoms with van der Waals surface area (Å²) in [6.07, 6.45) is 8.06. The number of ketones is 4. The van der Waals surface area contributed by atoms with E-state index in [-0.39, 0.29) is 23.1 Å². The average Bonchev–Trinajstić information content (AvgIpc) is 2.76. The zero-order chi connectivity index (χ0) is 20.6. The normalized spacial score (nSPS) is 27.1. The lowest BCUT2D eigenvalue weighted by Gasteiger charge is -2.41. The number of benzene rings is 1. The molecular weight excluding hydrogens is 378 g/mol. The highest BCUT2D eigenvalue weighted by atomic mass is 16.2. The van der Waals surface area contributed by atoms with E-state index in [2.05, 4.69) is 5.32 Å². The molecule has 4 aliphatic carbocycles. The quantitative estimate of drug-likeness (QED) is 0.683. The van der Waals surface area contributed by atoms with Crippen molar-refractivity contribution in [3.8, 4) is 0 Å². The number of fused-ring (bicyclic) bond motifs is 6. The van der Waals surface area contributed by atoms with Crippen molar-refractivity contribution in [1.29, 1.82) is 0 Å². The molecule has 0 spiro atoms. The van der Waals surface area contributed by atoms with Crippen LogP contribution in [0.1, 0.15) is 33.6 Å². The van der Waals surface area contributed by atoms with Crippen molar-refractivity contribution >= 4 is 23.1 Å². The second-order valence-electron chi connectivity index (χ2n) is 8.17. The summed E-state index contributed by atoms with van der Waals surface area (Å²) in [5.41, 5.74) is 3.90. The largest absolute Gasteiger partial charge is 0.306 e. The van der Waals surface area contributed by atoms with Gasteiger partial charge in [0.1, 0.15) is 5.92 Å².